The smallest absolute Gasteiger partial charge is 0.191 e. The van der Waals surface area contributed by atoms with Crippen molar-refractivity contribution in [3.63, 3.8) is 0 Å². The van der Waals surface area contributed by atoms with Gasteiger partial charge in [0.15, 0.2) is 5.96 Å². The summed E-state index contributed by atoms with van der Waals surface area (Å²) in [6.07, 6.45) is 4.82. The first-order valence-corrected chi connectivity index (χ1v) is 9.17. The monoisotopic (exact) mass is 333 g/mol. The standard InChI is InChI=1S/C19H31N3O2/c1-3-5-11-23-17-9-6-8-16(13-17)14-21-19(20-4-2)22-15-18-10-7-12-24-18/h6,8-9,13,18H,3-5,7,10-12,14-15H2,1-2H3,(H2,20,21,22). The van der Waals surface area contributed by atoms with Crippen molar-refractivity contribution in [2.75, 3.05) is 26.3 Å². The Morgan fingerprint density at radius 1 is 1.33 bits per heavy atom. The van der Waals surface area contributed by atoms with Crippen molar-refractivity contribution in [1.29, 1.82) is 0 Å². The van der Waals surface area contributed by atoms with Crippen LogP contribution in [0.5, 0.6) is 5.75 Å². The Kier molecular flexibility index (Phi) is 8.46. The lowest BCUT2D eigenvalue weighted by molar-refractivity contribution is 0.114. The van der Waals surface area contributed by atoms with Gasteiger partial charge in [0.1, 0.15) is 5.75 Å². The van der Waals surface area contributed by atoms with Crippen LogP contribution in [0.3, 0.4) is 0 Å². The van der Waals surface area contributed by atoms with E-state index >= 15 is 0 Å². The molecule has 2 N–H and O–H groups in total. The lowest BCUT2D eigenvalue weighted by Crippen LogP contribution is -2.41. The molecule has 1 aromatic rings. The van der Waals surface area contributed by atoms with Crippen LogP contribution in [0.25, 0.3) is 0 Å². The topological polar surface area (TPSA) is 54.9 Å². The summed E-state index contributed by atoms with van der Waals surface area (Å²) in [7, 11) is 0. The molecule has 5 nitrogen and oxygen atoms in total. The third-order valence-electron chi connectivity index (χ3n) is 3.95. The minimum atomic E-state index is 0.309. The van der Waals surface area contributed by atoms with Crippen LogP contribution in [0.2, 0.25) is 0 Å². The Morgan fingerprint density at radius 2 is 2.25 bits per heavy atom. The van der Waals surface area contributed by atoms with Gasteiger partial charge in [-0.05, 0) is 43.9 Å². The third kappa shape index (κ3) is 6.79. The van der Waals surface area contributed by atoms with Crippen LogP contribution in [-0.4, -0.2) is 38.4 Å². The molecule has 1 saturated heterocycles. The first-order valence-electron chi connectivity index (χ1n) is 9.17. The van der Waals surface area contributed by atoms with Gasteiger partial charge in [-0.15, -0.1) is 0 Å². The van der Waals surface area contributed by atoms with E-state index in [0.717, 1.165) is 69.3 Å². The zero-order valence-corrected chi connectivity index (χ0v) is 15.0. The first-order chi connectivity index (χ1) is 11.8. The Morgan fingerprint density at radius 3 is 3.00 bits per heavy atom. The number of hydrogen-bond acceptors (Lipinski definition) is 3. The van der Waals surface area contributed by atoms with E-state index in [0.29, 0.717) is 12.6 Å². The van der Waals surface area contributed by atoms with E-state index in [9.17, 15) is 0 Å². The lowest BCUT2D eigenvalue weighted by Gasteiger charge is -2.15. The highest BCUT2D eigenvalue weighted by Crippen LogP contribution is 2.14. The first kappa shape index (κ1) is 18.6. The van der Waals surface area contributed by atoms with Crippen LogP contribution in [-0.2, 0) is 11.3 Å². The molecule has 0 amide bonds. The highest BCUT2D eigenvalue weighted by Gasteiger charge is 2.15. The third-order valence-corrected chi connectivity index (χ3v) is 3.95. The van der Waals surface area contributed by atoms with Gasteiger partial charge in [0.25, 0.3) is 0 Å². The molecule has 0 aliphatic carbocycles. The van der Waals surface area contributed by atoms with Crippen molar-refractivity contribution < 1.29 is 9.47 Å². The van der Waals surface area contributed by atoms with Crippen molar-refractivity contribution in [2.45, 2.75) is 52.2 Å². The predicted molar refractivity (Wildman–Crippen MR) is 98.6 cm³/mol. The van der Waals surface area contributed by atoms with Crippen LogP contribution in [0.15, 0.2) is 29.3 Å². The summed E-state index contributed by atoms with van der Waals surface area (Å²) in [4.78, 5) is 4.67. The fourth-order valence-electron chi connectivity index (χ4n) is 2.60. The van der Waals surface area contributed by atoms with Gasteiger partial charge in [-0.2, -0.15) is 0 Å². The zero-order valence-electron chi connectivity index (χ0n) is 15.0. The number of unbranched alkanes of at least 4 members (excludes halogenated alkanes) is 1. The summed E-state index contributed by atoms with van der Waals surface area (Å²) >= 11 is 0. The maximum atomic E-state index is 5.76. The van der Waals surface area contributed by atoms with Crippen molar-refractivity contribution in [3.05, 3.63) is 29.8 Å². The Bertz CT molecular complexity index is 499. The normalized spacial score (nSPS) is 17.8. The summed E-state index contributed by atoms with van der Waals surface area (Å²) in [6, 6.07) is 8.19. The number of benzene rings is 1. The number of hydrogen-bond donors (Lipinski definition) is 2. The van der Waals surface area contributed by atoms with E-state index in [4.69, 9.17) is 9.47 Å². The molecule has 0 saturated carbocycles. The van der Waals surface area contributed by atoms with Crippen LogP contribution < -0.4 is 15.4 Å². The van der Waals surface area contributed by atoms with Gasteiger partial charge in [0.2, 0.25) is 0 Å². The van der Waals surface area contributed by atoms with Crippen LogP contribution >= 0.6 is 0 Å². The summed E-state index contributed by atoms with van der Waals surface area (Å²) in [5, 5.41) is 6.66. The summed E-state index contributed by atoms with van der Waals surface area (Å²) in [5.74, 6) is 1.76. The fraction of sp³-hybridized carbons (Fsp3) is 0.632. The number of aliphatic imine (C=N–C) groups is 1. The number of ether oxygens (including phenoxy) is 2. The number of nitrogens with one attached hydrogen (secondary N) is 2. The van der Waals surface area contributed by atoms with E-state index < -0.39 is 0 Å². The average Bonchev–Trinajstić information content (AvgIpc) is 3.11. The second-order valence-corrected chi connectivity index (χ2v) is 6.06. The average molecular weight is 333 g/mol. The van der Waals surface area contributed by atoms with E-state index in [2.05, 4.69) is 41.6 Å². The Labute approximate surface area is 145 Å². The van der Waals surface area contributed by atoms with Gasteiger partial charge < -0.3 is 20.1 Å². The van der Waals surface area contributed by atoms with Crippen LogP contribution in [0.1, 0.15) is 45.1 Å². The van der Waals surface area contributed by atoms with Gasteiger partial charge in [-0.25, -0.2) is 4.99 Å². The molecule has 24 heavy (non-hydrogen) atoms. The second kappa shape index (κ2) is 10.9. The molecule has 1 aliphatic rings. The molecule has 1 unspecified atom stereocenters. The molecule has 1 aromatic carbocycles. The molecule has 0 aromatic heterocycles. The van der Waals surface area contributed by atoms with E-state index in [-0.39, 0.29) is 0 Å². The Balaban J connectivity index is 1.85. The molecular formula is C19H31N3O2. The quantitative estimate of drug-likeness (QED) is 0.414. The van der Waals surface area contributed by atoms with Crippen LogP contribution in [0.4, 0.5) is 0 Å². The fourth-order valence-corrected chi connectivity index (χ4v) is 2.60. The van der Waals surface area contributed by atoms with Gasteiger partial charge in [0.05, 0.1) is 19.3 Å². The molecule has 5 heteroatoms. The molecule has 1 atom stereocenters. The molecular weight excluding hydrogens is 302 g/mol. The molecule has 1 heterocycles. The van der Waals surface area contributed by atoms with E-state index in [1.807, 2.05) is 12.1 Å². The molecule has 2 rings (SSSR count). The molecule has 0 bridgehead atoms. The van der Waals surface area contributed by atoms with E-state index in [1.165, 1.54) is 0 Å². The summed E-state index contributed by atoms with van der Waals surface area (Å²) < 4.78 is 11.4. The van der Waals surface area contributed by atoms with Gasteiger partial charge >= 0.3 is 0 Å². The van der Waals surface area contributed by atoms with Crippen molar-refractivity contribution in [3.8, 4) is 5.75 Å². The van der Waals surface area contributed by atoms with Crippen molar-refractivity contribution in [1.82, 2.24) is 10.6 Å². The van der Waals surface area contributed by atoms with Gasteiger partial charge in [0, 0.05) is 19.7 Å². The highest BCUT2D eigenvalue weighted by molar-refractivity contribution is 5.79. The van der Waals surface area contributed by atoms with Gasteiger partial charge in [-0.1, -0.05) is 25.5 Å². The zero-order chi connectivity index (χ0) is 17.0. The van der Waals surface area contributed by atoms with Crippen molar-refractivity contribution >= 4 is 5.96 Å². The summed E-state index contributed by atoms with van der Waals surface area (Å²) in [6.45, 7) is 8.18. The number of nitrogens with zero attached hydrogens (tertiary/aromatic N) is 1. The molecule has 134 valence electrons. The lowest BCUT2D eigenvalue weighted by atomic mass is 10.2. The Hall–Kier alpha value is -1.75. The molecule has 0 radical (unpaired) electrons. The van der Waals surface area contributed by atoms with Crippen LogP contribution in [0, 0.1) is 0 Å². The molecule has 0 spiro atoms. The largest absolute Gasteiger partial charge is 0.494 e. The maximum absolute atomic E-state index is 5.76. The minimum absolute atomic E-state index is 0.309. The second-order valence-electron chi connectivity index (χ2n) is 6.06. The van der Waals surface area contributed by atoms with E-state index in [1.54, 1.807) is 0 Å². The number of rotatable bonds is 9. The molecule has 1 fully saturated rings. The highest BCUT2D eigenvalue weighted by atomic mass is 16.5. The predicted octanol–water partition coefficient (Wildman–Crippen LogP) is 3.10. The maximum Gasteiger partial charge on any atom is 0.191 e. The van der Waals surface area contributed by atoms with Crippen molar-refractivity contribution in [2.24, 2.45) is 4.99 Å². The SMILES string of the molecule is CCCCOc1cccc(CN=C(NCC)NCC2CCCO2)c1. The number of guanidine groups is 1. The molecule has 1 aliphatic heterocycles. The van der Waals surface area contributed by atoms with Gasteiger partial charge in [-0.3, -0.25) is 0 Å². The minimum Gasteiger partial charge on any atom is -0.494 e. The summed E-state index contributed by atoms with van der Waals surface area (Å²) in [5.41, 5.74) is 1.15.